The predicted octanol–water partition coefficient (Wildman–Crippen LogP) is 6.82. The van der Waals surface area contributed by atoms with Gasteiger partial charge in [-0.1, -0.05) is 37.3 Å². The van der Waals surface area contributed by atoms with Gasteiger partial charge in [0.1, 0.15) is 17.1 Å². The van der Waals surface area contributed by atoms with Gasteiger partial charge in [0, 0.05) is 23.7 Å². The summed E-state index contributed by atoms with van der Waals surface area (Å²) in [5.74, 6) is 1.69. The Balaban J connectivity index is 1.35. The van der Waals surface area contributed by atoms with E-state index in [9.17, 15) is 4.39 Å². The summed E-state index contributed by atoms with van der Waals surface area (Å²) < 4.78 is 21.6. The van der Waals surface area contributed by atoms with Gasteiger partial charge in [-0.25, -0.2) is 15.0 Å². The summed E-state index contributed by atoms with van der Waals surface area (Å²) >= 11 is 0. The van der Waals surface area contributed by atoms with E-state index in [0.717, 1.165) is 56.9 Å². The summed E-state index contributed by atoms with van der Waals surface area (Å²) in [4.78, 5) is 17.9. The molecule has 0 spiro atoms. The fourth-order valence-corrected chi connectivity index (χ4v) is 4.81. The Kier molecular flexibility index (Phi) is 6.40. The number of nitrogens with zero attached hydrogens (tertiary/aromatic N) is 7. The topological polar surface area (TPSA) is 89.9 Å². The second-order valence-corrected chi connectivity index (χ2v) is 9.39. The second-order valence-electron chi connectivity index (χ2n) is 9.39. The molecule has 0 saturated carbocycles. The van der Waals surface area contributed by atoms with Crippen molar-refractivity contribution in [2.75, 3.05) is 6.67 Å². The van der Waals surface area contributed by atoms with Crippen LogP contribution in [0.3, 0.4) is 0 Å². The summed E-state index contributed by atoms with van der Waals surface area (Å²) in [5, 5.41) is 8.21. The smallest absolute Gasteiger partial charge is 0.221 e. The average molecular weight is 520 g/mol. The molecule has 0 aliphatic carbocycles. The molecule has 8 nitrogen and oxygen atoms in total. The highest BCUT2D eigenvalue weighted by Gasteiger charge is 2.17. The van der Waals surface area contributed by atoms with E-state index in [1.54, 1.807) is 18.2 Å². The first kappa shape index (κ1) is 24.5. The van der Waals surface area contributed by atoms with Crippen LogP contribution in [0.1, 0.15) is 35.1 Å². The monoisotopic (exact) mass is 519 g/mol. The van der Waals surface area contributed by atoms with Crippen molar-refractivity contribution >= 4 is 17.0 Å². The van der Waals surface area contributed by atoms with Gasteiger partial charge in [0.2, 0.25) is 11.8 Å². The van der Waals surface area contributed by atoms with E-state index in [2.05, 4.69) is 69.0 Å². The minimum atomic E-state index is -0.599. The molecule has 4 heterocycles. The van der Waals surface area contributed by atoms with Crippen molar-refractivity contribution in [3.05, 3.63) is 101 Å². The number of hydrogen-bond acceptors (Lipinski definition) is 7. The van der Waals surface area contributed by atoms with Crippen molar-refractivity contribution in [1.29, 1.82) is 0 Å². The first-order valence-corrected chi connectivity index (χ1v) is 12.8. The van der Waals surface area contributed by atoms with Gasteiger partial charge in [-0.05, 0) is 66.4 Å². The molecule has 0 amide bonds. The Morgan fingerprint density at radius 1 is 0.923 bits per heavy atom. The molecule has 39 heavy (non-hydrogen) atoms. The van der Waals surface area contributed by atoms with Crippen molar-refractivity contribution in [1.82, 2.24) is 19.5 Å². The molecule has 9 heteroatoms. The number of imidazole rings is 1. The van der Waals surface area contributed by atoms with Crippen molar-refractivity contribution in [2.45, 2.75) is 33.7 Å². The van der Waals surface area contributed by atoms with Crippen LogP contribution in [0.2, 0.25) is 0 Å². The van der Waals surface area contributed by atoms with E-state index >= 15 is 0 Å². The molecule has 0 fully saturated rings. The Bertz CT molecular complexity index is 1760. The molecule has 0 radical (unpaired) electrons. The van der Waals surface area contributed by atoms with Crippen LogP contribution in [0.25, 0.3) is 22.3 Å². The van der Waals surface area contributed by atoms with Crippen LogP contribution in [0.15, 0.2) is 82.0 Å². The minimum absolute atomic E-state index is 0.181. The van der Waals surface area contributed by atoms with Gasteiger partial charge in [-0.2, -0.15) is 14.5 Å². The largest absolute Gasteiger partial charge is 0.439 e. The number of halogens is 1. The van der Waals surface area contributed by atoms with E-state index in [1.165, 1.54) is 6.07 Å². The molecule has 1 aliphatic rings. The lowest BCUT2D eigenvalue weighted by Gasteiger charge is -2.13. The molecule has 0 atom stereocenters. The zero-order chi connectivity index (χ0) is 26.9. The van der Waals surface area contributed by atoms with Crippen molar-refractivity contribution in [3.63, 3.8) is 0 Å². The zero-order valence-electron chi connectivity index (χ0n) is 21.9. The van der Waals surface area contributed by atoms with Crippen LogP contribution in [0.4, 0.5) is 4.39 Å². The molecule has 5 aromatic rings. The molecule has 0 unspecified atom stereocenters. The maximum Gasteiger partial charge on any atom is 0.221 e. The van der Waals surface area contributed by atoms with Crippen LogP contribution in [-0.4, -0.2) is 32.0 Å². The number of amidine groups is 1. The summed E-state index contributed by atoms with van der Waals surface area (Å²) in [7, 11) is 0. The SMILES string of the molecule is CCc1nc2c(C)cc(C)nc2n1Cc1ccc(-c2cc(Oc3cccc(F)n3)ccc2C2=NCN=N2)cc1. The van der Waals surface area contributed by atoms with Gasteiger partial charge < -0.3 is 9.30 Å². The van der Waals surface area contributed by atoms with Gasteiger partial charge in [0.05, 0.1) is 6.54 Å². The maximum absolute atomic E-state index is 13.6. The highest BCUT2D eigenvalue weighted by Crippen LogP contribution is 2.32. The Labute approximate surface area is 225 Å². The number of fused-ring (bicyclic) bond motifs is 1. The zero-order valence-corrected chi connectivity index (χ0v) is 21.9. The van der Waals surface area contributed by atoms with Gasteiger partial charge in [0.15, 0.2) is 18.2 Å². The summed E-state index contributed by atoms with van der Waals surface area (Å²) in [6.45, 7) is 7.18. The van der Waals surface area contributed by atoms with Crippen LogP contribution < -0.4 is 4.74 Å². The highest BCUT2D eigenvalue weighted by atomic mass is 19.1. The predicted molar refractivity (Wildman–Crippen MR) is 148 cm³/mol. The Morgan fingerprint density at radius 3 is 2.51 bits per heavy atom. The number of ether oxygens (including phenoxy) is 1. The first-order valence-electron chi connectivity index (χ1n) is 12.8. The van der Waals surface area contributed by atoms with Gasteiger partial charge >= 0.3 is 0 Å². The van der Waals surface area contributed by atoms with Crippen LogP contribution in [-0.2, 0) is 13.0 Å². The summed E-state index contributed by atoms with van der Waals surface area (Å²) in [6, 6.07) is 20.4. The molecule has 3 aromatic heterocycles. The second kappa shape index (κ2) is 10.2. The van der Waals surface area contributed by atoms with Gasteiger partial charge in [-0.3, -0.25) is 0 Å². The number of pyridine rings is 2. The van der Waals surface area contributed by atoms with Crippen molar-refractivity contribution in [3.8, 4) is 22.8 Å². The molecule has 2 aromatic carbocycles. The van der Waals surface area contributed by atoms with E-state index in [0.29, 0.717) is 24.8 Å². The Morgan fingerprint density at radius 2 is 1.77 bits per heavy atom. The summed E-state index contributed by atoms with van der Waals surface area (Å²) in [6.07, 6.45) is 0.819. The molecule has 0 N–H and O–H groups in total. The lowest BCUT2D eigenvalue weighted by Crippen LogP contribution is -2.06. The molecule has 194 valence electrons. The van der Waals surface area contributed by atoms with Crippen LogP contribution in [0, 0.1) is 19.8 Å². The lowest BCUT2D eigenvalue weighted by atomic mass is 9.97. The van der Waals surface area contributed by atoms with E-state index in [4.69, 9.17) is 14.7 Å². The molecular formula is C30H26FN7O. The standard InChI is InChI=1S/C30H26FN7O/c1-4-26-36-28-18(2)14-19(3)34-30(28)38(26)16-20-8-10-21(11-9-20)24-15-22(39-27-7-5-6-25(31)35-27)12-13-23(24)29-32-17-33-37-29/h5-15H,4,16-17H2,1-3H3. The first-order chi connectivity index (χ1) is 19.0. The molecule has 1 aliphatic heterocycles. The van der Waals surface area contributed by atoms with Gasteiger partial charge in [-0.15, -0.1) is 5.11 Å². The third kappa shape index (κ3) is 4.90. The number of aryl methyl sites for hydroxylation is 3. The fraction of sp³-hybridized carbons (Fsp3) is 0.200. The van der Waals surface area contributed by atoms with E-state index in [1.807, 2.05) is 19.1 Å². The lowest BCUT2D eigenvalue weighted by molar-refractivity contribution is 0.445. The van der Waals surface area contributed by atoms with Crippen LogP contribution in [0.5, 0.6) is 11.6 Å². The third-order valence-corrected chi connectivity index (χ3v) is 6.62. The van der Waals surface area contributed by atoms with Gasteiger partial charge in [0.25, 0.3) is 0 Å². The molecule has 6 rings (SSSR count). The molecule has 0 bridgehead atoms. The Hall–Kier alpha value is -4.79. The molecule has 0 saturated heterocycles. The fourth-order valence-electron chi connectivity index (χ4n) is 4.81. The average Bonchev–Trinajstić information content (AvgIpc) is 3.58. The van der Waals surface area contributed by atoms with Crippen molar-refractivity contribution in [2.24, 2.45) is 15.2 Å². The third-order valence-electron chi connectivity index (χ3n) is 6.62. The van der Waals surface area contributed by atoms with E-state index in [-0.39, 0.29) is 5.88 Å². The number of hydrogen-bond donors (Lipinski definition) is 0. The number of aromatic nitrogens is 4. The number of rotatable bonds is 7. The van der Waals surface area contributed by atoms with E-state index < -0.39 is 5.95 Å². The summed E-state index contributed by atoms with van der Waals surface area (Å²) in [5.41, 5.74) is 7.80. The highest BCUT2D eigenvalue weighted by molar-refractivity contribution is 6.05. The van der Waals surface area contributed by atoms with Crippen LogP contribution >= 0.6 is 0 Å². The minimum Gasteiger partial charge on any atom is -0.439 e. The van der Waals surface area contributed by atoms with Crippen molar-refractivity contribution < 1.29 is 9.13 Å². The molecular weight excluding hydrogens is 493 g/mol. The number of benzene rings is 2. The number of aliphatic imine (C=N–C) groups is 1. The number of azo groups is 1. The maximum atomic E-state index is 13.6. The quantitative estimate of drug-likeness (QED) is 0.221. The normalized spacial score (nSPS) is 12.8.